The van der Waals surface area contributed by atoms with Crippen LogP contribution in [0, 0.1) is 23.2 Å². The molecule has 0 N–H and O–H groups in total. The van der Waals surface area contributed by atoms with Crippen molar-refractivity contribution in [3.63, 3.8) is 0 Å². The third kappa shape index (κ3) is 1.07. The van der Waals surface area contributed by atoms with Crippen molar-refractivity contribution in [2.75, 3.05) is 6.54 Å². The van der Waals surface area contributed by atoms with Gasteiger partial charge in [-0.3, -0.25) is 0 Å². The summed E-state index contributed by atoms with van der Waals surface area (Å²) in [5.41, 5.74) is 0.649. The highest BCUT2D eigenvalue weighted by Crippen LogP contribution is 2.66. The van der Waals surface area contributed by atoms with Gasteiger partial charge in [-0.15, -0.1) is 0 Å². The minimum atomic E-state index is 0.649. The molecule has 2 fully saturated rings. The van der Waals surface area contributed by atoms with Gasteiger partial charge in [0.25, 0.3) is 0 Å². The molecule has 0 bridgehead atoms. The molecule has 0 aromatic rings. The number of rotatable bonds is 1. The van der Waals surface area contributed by atoms with Crippen molar-refractivity contribution >= 4 is 22.9 Å². The largest absolute Gasteiger partial charge is 0.244 e. The molecule has 0 radical (unpaired) electrons. The normalized spacial score (nSPS) is 45.0. The Labute approximate surface area is 89.4 Å². The molecule has 1 nitrogen and oxygen atoms in total. The van der Waals surface area contributed by atoms with E-state index >= 15 is 0 Å². The summed E-state index contributed by atoms with van der Waals surface area (Å²) in [5.74, 6) is 2.79. The molecule has 2 aliphatic rings. The van der Waals surface area contributed by atoms with Crippen molar-refractivity contribution in [1.29, 1.82) is 0 Å². The first-order valence-corrected chi connectivity index (χ1v) is 5.85. The van der Waals surface area contributed by atoms with Gasteiger partial charge in [0.05, 0.1) is 0 Å². The van der Waals surface area contributed by atoms with E-state index < -0.39 is 0 Å². The van der Waals surface area contributed by atoms with E-state index in [4.69, 9.17) is 0 Å². The summed E-state index contributed by atoms with van der Waals surface area (Å²) in [6.07, 6.45) is 0. The molecule has 1 saturated heterocycles. The maximum atomic E-state index is 2.53. The number of piperidine rings is 1. The molecule has 1 aliphatic carbocycles. The van der Waals surface area contributed by atoms with E-state index in [-0.39, 0.29) is 0 Å². The zero-order chi connectivity index (χ0) is 9.09. The van der Waals surface area contributed by atoms with Crippen molar-refractivity contribution in [2.24, 2.45) is 23.2 Å². The maximum Gasteiger partial charge on any atom is 0.0254 e. The predicted molar refractivity (Wildman–Crippen MR) is 60.1 cm³/mol. The van der Waals surface area contributed by atoms with Crippen molar-refractivity contribution in [3.8, 4) is 0 Å². The Bertz CT molecular complexity index is 200. The zero-order valence-electron chi connectivity index (χ0n) is 8.34. The molecule has 0 aromatic heterocycles. The molecule has 2 heteroatoms. The number of halogens is 1. The summed E-state index contributed by atoms with van der Waals surface area (Å²) in [5, 5.41) is 0. The fourth-order valence-corrected chi connectivity index (χ4v) is 4.45. The van der Waals surface area contributed by atoms with Crippen molar-refractivity contribution < 1.29 is 0 Å². The first-order valence-electron chi connectivity index (χ1n) is 4.88. The third-order valence-electron chi connectivity index (χ3n) is 3.88. The SMILES string of the molecule is CC(C)[C@H]1[C@H]2[C@@H](CN1I)C2(C)C. The zero-order valence-corrected chi connectivity index (χ0v) is 10.5. The lowest BCUT2D eigenvalue weighted by Crippen LogP contribution is -2.32. The van der Waals surface area contributed by atoms with E-state index in [1.807, 2.05) is 0 Å². The number of hydrogen-bond donors (Lipinski definition) is 0. The molecule has 0 spiro atoms. The highest BCUT2D eigenvalue weighted by atomic mass is 127. The Morgan fingerprint density at radius 2 is 2.00 bits per heavy atom. The minimum absolute atomic E-state index is 0.649. The van der Waals surface area contributed by atoms with Crippen molar-refractivity contribution in [2.45, 2.75) is 33.7 Å². The first-order chi connectivity index (χ1) is 5.46. The van der Waals surface area contributed by atoms with Gasteiger partial charge in [0.2, 0.25) is 0 Å². The maximum absolute atomic E-state index is 2.53. The average Bonchev–Trinajstić information content (AvgIpc) is 2.40. The first kappa shape index (κ1) is 9.25. The Morgan fingerprint density at radius 3 is 2.33 bits per heavy atom. The van der Waals surface area contributed by atoms with Crippen LogP contribution in [0.2, 0.25) is 0 Å². The quantitative estimate of drug-likeness (QED) is 0.527. The molecule has 1 aliphatic heterocycles. The van der Waals surface area contributed by atoms with Crippen LogP contribution in [-0.2, 0) is 0 Å². The third-order valence-corrected chi connectivity index (χ3v) is 4.92. The highest BCUT2D eigenvalue weighted by molar-refractivity contribution is 14.1. The van der Waals surface area contributed by atoms with Gasteiger partial charge in [0, 0.05) is 35.5 Å². The van der Waals surface area contributed by atoms with Gasteiger partial charge in [0.1, 0.15) is 0 Å². The molecular weight excluding hydrogens is 261 g/mol. The van der Waals surface area contributed by atoms with Crippen LogP contribution < -0.4 is 0 Å². The van der Waals surface area contributed by atoms with E-state index in [1.165, 1.54) is 6.54 Å². The number of nitrogens with zero attached hydrogens (tertiary/aromatic N) is 1. The highest BCUT2D eigenvalue weighted by Gasteiger charge is 2.66. The van der Waals surface area contributed by atoms with Gasteiger partial charge in [-0.2, -0.15) is 0 Å². The molecule has 2 rings (SSSR count). The van der Waals surface area contributed by atoms with Crippen LogP contribution in [0.1, 0.15) is 27.7 Å². The van der Waals surface area contributed by atoms with Crippen LogP contribution in [0.4, 0.5) is 0 Å². The molecule has 0 amide bonds. The van der Waals surface area contributed by atoms with Gasteiger partial charge in [-0.05, 0) is 23.2 Å². The molecular formula is C10H18IN. The van der Waals surface area contributed by atoms with Crippen LogP contribution in [0.15, 0.2) is 0 Å². The topological polar surface area (TPSA) is 3.24 Å². The van der Waals surface area contributed by atoms with Gasteiger partial charge < -0.3 is 0 Å². The summed E-state index contributed by atoms with van der Waals surface area (Å²) in [6.45, 7) is 10.9. The van der Waals surface area contributed by atoms with Crippen molar-refractivity contribution in [1.82, 2.24) is 3.11 Å². The van der Waals surface area contributed by atoms with Gasteiger partial charge >= 0.3 is 0 Å². The van der Waals surface area contributed by atoms with Crippen LogP contribution in [-0.4, -0.2) is 15.7 Å². The second-order valence-electron chi connectivity index (χ2n) is 5.27. The monoisotopic (exact) mass is 279 g/mol. The summed E-state index contributed by atoms with van der Waals surface area (Å²) < 4.78 is 2.53. The van der Waals surface area contributed by atoms with E-state index in [1.54, 1.807) is 0 Å². The summed E-state index contributed by atoms with van der Waals surface area (Å²) >= 11 is 2.50. The number of fused-ring (bicyclic) bond motifs is 1. The van der Waals surface area contributed by atoms with E-state index in [9.17, 15) is 0 Å². The molecule has 1 saturated carbocycles. The number of hydrogen-bond acceptors (Lipinski definition) is 1. The second-order valence-corrected chi connectivity index (χ2v) is 6.51. The summed E-state index contributed by atoms with van der Waals surface area (Å²) in [7, 11) is 0. The van der Waals surface area contributed by atoms with Gasteiger partial charge in [0.15, 0.2) is 0 Å². The van der Waals surface area contributed by atoms with Gasteiger partial charge in [-0.1, -0.05) is 27.7 Å². The molecule has 12 heavy (non-hydrogen) atoms. The fourth-order valence-electron chi connectivity index (χ4n) is 3.04. The van der Waals surface area contributed by atoms with Crippen LogP contribution >= 0.6 is 22.9 Å². The lowest BCUT2D eigenvalue weighted by Gasteiger charge is -2.28. The van der Waals surface area contributed by atoms with Crippen LogP contribution in [0.3, 0.4) is 0 Å². The van der Waals surface area contributed by atoms with Crippen LogP contribution in [0.5, 0.6) is 0 Å². The van der Waals surface area contributed by atoms with Crippen LogP contribution in [0.25, 0.3) is 0 Å². The second kappa shape index (κ2) is 2.59. The van der Waals surface area contributed by atoms with Crippen molar-refractivity contribution in [3.05, 3.63) is 0 Å². The minimum Gasteiger partial charge on any atom is -0.244 e. The Hall–Kier alpha value is 0.690. The van der Waals surface area contributed by atoms with Gasteiger partial charge in [-0.25, -0.2) is 3.11 Å². The average molecular weight is 279 g/mol. The summed E-state index contributed by atoms with van der Waals surface area (Å²) in [4.78, 5) is 0. The smallest absolute Gasteiger partial charge is 0.0254 e. The van der Waals surface area contributed by atoms with E-state index in [2.05, 4.69) is 53.7 Å². The lowest BCUT2D eigenvalue weighted by molar-refractivity contribution is 0.265. The standard InChI is InChI=1S/C10H18IN/c1-6(2)9-8-7(5-12(9)11)10(8,3)4/h6-9H,5H2,1-4H3/t7-,8-,9+/m1/s1. The molecule has 70 valence electrons. The molecule has 0 aromatic carbocycles. The predicted octanol–water partition coefficient (Wildman–Crippen LogP) is 2.95. The molecule has 0 unspecified atom stereocenters. The Morgan fingerprint density at radius 1 is 1.42 bits per heavy atom. The van der Waals surface area contributed by atoms with E-state index in [0.717, 1.165) is 23.8 Å². The Kier molecular flexibility index (Phi) is 2.00. The summed E-state index contributed by atoms with van der Waals surface area (Å²) in [6, 6.07) is 0.839. The Balaban J connectivity index is 2.13. The van der Waals surface area contributed by atoms with E-state index in [0.29, 0.717) is 5.41 Å². The lowest BCUT2D eigenvalue weighted by atomic mass is 9.95. The fraction of sp³-hybridized carbons (Fsp3) is 1.00. The molecule has 1 heterocycles. The molecule has 3 atom stereocenters.